The number of hydrogen-bond acceptors (Lipinski definition) is 5. The minimum Gasteiger partial charge on any atom is -0.493 e. The van der Waals surface area contributed by atoms with E-state index in [9.17, 15) is 0 Å². The van der Waals surface area contributed by atoms with Crippen molar-refractivity contribution in [3.63, 3.8) is 0 Å². The molecule has 0 aromatic heterocycles. The molecule has 102 valence electrons. The standard InChI is InChI=1S/C13H21NO4/c1-15-6-7-18-13-11(16-2)8-10(4-5-14)9-12(13)17-3/h8-9H,4-7,14H2,1-3H3. The molecule has 5 nitrogen and oxygen atoms in total. The van der Waals surface area contributed by atoms with Gasteiger partial charge in [0.05, 0.1) is 20.8 Å². The van der Waals surface area contributed by atoms with Crippen molar-refractivity contribution in [1.82, 2.24) is 0 Å². The molecule has 0 fully saturated rings. The van der Waals surface area contributed by atoms with Gasteiger partial charge in [0.1, 0.15) is 6.61 Å². The maximum absolute atomic E-state index is 5.62. The number of nitrogens with two attached hydrogens (primary N) is 1. The number of benzene rings is 1. The van der Waals surface area contributed by atoms with E-state index in [2.05, 4.69) is 0 Å². The van der Waals surface area contributed by atoms with Crippen molar-refractivity contribution in [1.29, 1.82) is 0 Å². The zero-order valence-electron chi connectivity index (χ0n) is 11.2. The third-order valence-electron chi connectivity index (χ3n) is 2.49. The maximum Gasteiger partial charge on any atom is 0.203 e. The van der Waals surface area contributed by atoms with Gasteiger partial charge in [-0.1, -0.05) is 0 Å². The summed E-state index contributed by atoms with van der Waals surface area (Å²) in [4.78, 5) is 0. The molecule has 0 spiro atoms. The molecule has 2 N–H and O–H groups in total. The Morgan fingerprint density at radius 2 is 1.61 bits per heavy atom. The summed E-state index contributed by atoms with van der Waals surface area (Å²) in [5.41, 5.74) is 6.61. The van der Waals surface area contributed by atoms with Gasteiger partial charge in [-0.3, -0.25) is 0 Å². The van der Waals surface area contributed by atoms with E-state index in [0.29, 0.717) is 37.0 Å². The molecule has 0 unspecified atom stereocenters. The average molecular weight is 255 g/mol. The van der Waals surface area contributed by atoms with E-state index < -0.39 is 0 Å². The lowest BCUT2D eigenvalue weighted by Gasteiger charge is -2.15. The Kier molecular flexibility index (Phi) is 6.32. The van der Waals surface area contributed by atoms with E-state index >= 15 is 0 Å². The summed E-state index contributed by atoms with van der Waals surface area (Å²) in [7, 11) is 4.83. The number of hydrogen-bond donors (Lipinski definition) is 1. The summed E-state index contributed by atoms with van der Waals surface area (Å²) in [6.07, 6.45) is 0.769. The van der Waals surface area contributed by atoms with E-state index in [4.69, 9.17) is 24.7 Å². The highest BCUT2D eigenvalue weighted by Crippen LogP contribution is 2.38. The zero-order chi connectivity index (χ0) is 13.4. The minimum atomic E-state index is 0.444. The maximum atomic E-state index is 5.62. The number of ether oxygens (including phenoxy) is 4. The molecule has 18 heavy (non-hydrogen) atoms. The lowest BCUT2D eigenvalue weighted by Crippen LogP contribution is -2.08. The summed E-state index contributed by atoms with van der Waals surface area (Å²) in [6.45, 7) is 1.53. The molecule has 0 saturated carbocycles. The first-order valence-corrected chi connectivity index (χ1v) is 5.83. The summed E-state index contributed by atoms with van der Waals surface area (Å²) in [5.74, 6) is 1.89. The molecule has 0 heterocycles. The van der Waals surface area contributed by atoms with Crippen LogP contribution < -0.4 is 19.9 Å². The molecule has 0 amide bonds. The molecule has 5 heteroatoms. The highest BCUT2D eigenvalue weighted by molar-refractivity contribution is 5.54. The Bertz CT molecular complexity index is 343. The summed E-state index contributed by atoms with van der Waals surface area (Å²) in [5, 5.41) is 0. The van der Waals surface area contributed by atoms with Gasteiger partial charge in [0.2, 0.25) is 5.75 Å². The smallest absolute Gasteiger partial charge is 0.203 e. The van der Waals surface area contributed by atoms with Crippen LogP contribution in [0.4, 0.5) is 0 Å². The van der Waals surface area contributed by atoms with Crippen molar-refractivity contribution in [2.45, 2.75) is 6.42 Å². The second-order valence-electron chi connectivity index (χ2n) is 3.71. The van der Waals surface area contributed by atoms with Crippen LogP contribution in [-0.4, -0.2) is 41.1 Å². The van der Waals surface area contributed by atoms with E-state index in [1.165, 1.54) is 0 Å². The van der Waals surface area contributed by atoms with Crippen molar-refractivity contribution in [3.05, 3.63) is 17.7 Å². The molecular formula is C13H21NO4. The van der Waals surface area contributed by atoms with Crippen molar-refractivity contribution in [3.8, 4) is 17.2 Å². The van der Waals surface area contributed by atoms with Crippen LogP contribution in [0.5, 0.6) is 17.2 Å². The Morgan fingerprint density at radius 3 is 2.06 bits per heavy atom. The van der Waals surface area contributed by atoms with Gasteiger partial charge in [0.15, 0.2) is 11.5 Å². The molecule has 0 bridgehead atoms. The molecule has 0 aliphatic heterocycles. The van der Waals surface area contributed by atoms with E-state index in [0.717, 1.165) is 12.0 Å². The molecule has 0 radical (unpaired) electrons. The lowest BCUT2D eigenvalue weighted by atomic mass is 10.1. The molecule has 0 saturated heterocycles. The van der Waals surface area contributed by atoms with Crippen LogP contribution in [-0.2, 0) is 11.2 Å². The number of rotatable bonds is 8. The Hall–Kier alpha value is -1.46. The van der Waals surface area contributed by atoms with Crippen LogP contribution in [0.3, 0.4) is 0 Å². The van der Waals surface area contributed by atoms with Gasteiger partial charge in [-0.25, -0.2) is 0 Å². The van der Waals surface area contributed by atoms with E-state index in [1.54, 1.807) is 21.3 Å². The summed E-state index contributed by atoms with van der Waals surface area (Å²) in [6, 6.07) is 3.83. The molecule has 0 aliphatic rings. The zero-order valence-corrected chi connectivity index (χ0v) is 11.2. The number of methoxy groups -OCH3 is 3. The van der Waals surface area contributed by atoms with E-state index in [-0.39, 0.29) is 0 Å². The van der Waals surface area contributed by atoms with Gasteiger partial charge in [-0.15, -0.1) is 0 Å². The van der Waals surface area contributed by atoms with E-state index in [1.807, 2.05) is 12.1 Å². The summed E-state index contributed by atoms with van der Waals surface area (Å²) < 4.78 is 21.2. The van der Waals surface area contributed by atoms with Gasteiger partial charge in [0, 0.05) is 7.11 Å². The van der Waals surface area contributed by atoms with Gasteiger partial charge in [-0.05, 0) is 30.7 Å². The molecule has 1 aromatic carbocycles. The quantitative estimate of drug-likeness (QED) is 0.708. The molecular weight excluding hydrogens is 234 g/mol. The van der Waals surface area contributed by atoms with Crippen molar-refractivity contribution in [2.75, 3.05) is 41.1 Å². The van der Waals surface area contributed by atoms with Gasteiger partial charge in [0.25, 0.3) is 0 Å². The van der Waals surface area contributed by atoms with Crippen LogP contribution in [0.15, 0.2) is 12.1 Å². The van der Waals surface area contributed by atoms with Crippen molar-refractivity contribution >= 4 is 0 Å². The Labute approximate surface area is 108 Å². The predicted molar refractivity (Wildman–Crippen MR) is 69.7 cm³/mol. The minimum absolute atomic E-state index is 0.444. The highest BCUT2D eigenvalue weighted by Gasteiger charge is 2.13. The topological polar surface area (TPSA) is 62.9 Å². The fourth-order valence-corrected chi connectivity index (χ4v) is 1.61. The Balaban J connectivity index is 2.97. The van der Waals surface area contributed by atoms with Crippen LogP contribution in [0.2, 0.25) is 0 Å². The molecule has 0 atom stereocenters. The van der Waals surface area contributed by atoms with Crippen LogP contribution in [0.25, 0.3) is 0 Å². The van der Waals surface area contributed by atoms with Crippen LogP contribution >= 0.6 is 0 Å². The third kappa shape index (κ3) is 3.78. The second-order valence-corrected chi connectivity index (χ2v) is 3.71. The lowest BCUT2D eigenvalue weighted by molar-refractivity contribution is 0.142. The first-order chi connectivity index (χ1) is 8.76. The molecule has 1 aromatic rings. The fraction of sp³-hybridized carbons (Fsp3) is 0.538. The van der Waals surface area contributed by atoms with Gasteiger partial charge < -0.3 is 24.7 Å². The molecule has 0 aliphatic carbocycles. The van der Waals surface area contributed by atoms with Gasteiger partial charge >= 0.3 is 0 Å². The van der Waals surface area contributed by atoms with Crippen LogP contribution in [0, 0.1) is 0 Å². The Morgan fingerprint density at radius 1 is 1.00 bits per heavy atom. The van der Waals surface area contributed by atoms with Crippen molar-refractivity contribution in [2.24, 2.45) is 5.73 Å². The first-order valence-electron chi connectivity index (χ1n) is 5.83. The first kappa shape index (κ1) is 14.6. The second kappa shape index (κ2) is 7.79. The SMILES string of the molecule is COCCOc1c(OC)cc(CCN)cc1OC. The largest absolute Gasteiger partial charge is 0.493 e. The third-order valence-corrected chi connectivity index (χ3v) is 2.49. The normalized spacial score (nSPS) is 10.2. The monoisotopic (exact) mass is 255 g/mol. The summed E-state index contributed by atoms with van der Waals surface area (Å²) >= 11 is 0. The van der Waals surface area contributed by atoms with Crippen molar-refractivity contribution < 1.29 is 18.9 Å². The highest BCUT2D eigenvalue weighted by atomic mass is 16.6. The fourth-order valence-electron chi connectivity index (χ4n) is 1.61. The predicted octanol–water partition coefficient (Wildman–Crippen LogP) is 1.23. The van der Waals surface area contributed by atoms with Crippen LogP contribution in [0.1, 0.15) is 5.56 Å². The molecule has 1 rings (SSSR count). The van der Waals surface area contributed by atoms with Gasteiger partial charge in [-0.2, -0.15) is 0 Å². The average Bonchev–Trinajstić information content (AvgIpc) is 2.40.